The molecule has 3 aliphatic rings. The predicted molar refractivity (Wildman–Crippen MR) is 194 cm³/mol. The molecular formula is C38H58N6O9. The number of likely N-dealkylation sites (tertiary alicyclic amines) is 1. The van der Waals surface area contributed by atoms with Gasteiger partial charge in [0.2, 0.25) is 23.6 Å². The molecule has 0 radical (unpaired) electrons. The van der Waals surface area contributed by atoms with Crippen molar-refractivity contribution < 1.29 is 43.7 Å². The van der Waals surface area contributed by atoms with Gasteiger partial charge in [-0.3, -0.25) is 24.0 Å². The Labute approximate surface area is 311 Å². The van der Waals surface area contributed by atoms with Crippen LogP contribution in [0.5, 0.6) is 0 Å². The third-order valence-electron chi connectivity index (χ3n) is 10.5. The number of alkyl carbamates (subject to hydrolysis) is 1. The van der Waals surface area contributed by atoms with Crippen molar-refractivity contribution in [3.8, 4) is 0 Å². The second-order valence-corrected chi connectivity index (χ2v) is 17.6. The molecule has 15 nitrogen and oxygen atoms in total. The van der Waals surface area contributed by atoms with Gasteiger partial charge < -0.3 is 46.0 Å². The van der Waals surface area contributed by atoms with Crippen molar-refractivity contribution in [3.63, 3.8) is 0 Å². The maximum Gasteiger partial charge on any atom is 0.408 e. The van der Waals surface area contributed by atoms with Crippen molar-refractivity contribution in [2.75, 3.05) is 27.2 Å². The number of benzene rings is 1. The minimum atomic E-state index is -3.13. The zero-order chi connectivity index (χ0) is 39.8. The Hall–Kier alpha value is -4.24. The van der Waals surface area contributed by atoms with Gasteiger partial charge in [0.1, 0.15) is 23.7 Å². The first-order valence-corrected chi connectivity index (χ1v) is 18.2. The first-order chi connectivity index (χ1) is 24.4. The number of nitrogens with one attached hydrogen (secondary N) is 4. The molecule has 6 amide bonds. The van der Waals surface area contributed by atoms with Gasteiger partial charge in [-0.25, -0.2) is 4.79 Å². The van der Waals surface area contributed by atoms with E-state index < -0.39 is 83.1 Å². The summed E-state index contributed by atoms with van der Waals surface area (Å²) in [5.41, 5.74) is -1.33. The van der Waals surface area contributed by atoms with Crippen LogP contribution in [0.1, 0.15) is 86.3 Å². The molecule has 1 saturated heterocycles. The molecule has 1 heterocycles. The number of fused-ring (bicyclic) bond motifs is 1. The van der Waals surface area contributed by atoms with Crippen LogP contribution in [-0.4, -0.2) is 112 Å². The van der Waals surface area contributed by atoms with Crippen molar-refractivity contribution in [1.29, 1.82) is 0 Å². The molecule has 0 aromatic heterocycles. The summed E-state index contributed by atoms with van der Waals surface area (Å²) in [7, 11) is 3.09. The average Bonchev–Trinajstić information content (AvgIpc) is 3.90. The van der Waals surface area contributed by atoms with Crippen LogP contribution >= 0.6 is 0 Å². The van der Waals surface area contributed by atoms with Crippen LogP contribution < -0.4 is 21.3 Å². The van der Waals surface area contributed by atoms with Crippen LogP contribution in [0.3, 0.4) is 0 Å². The molecule has 0 bridgehead atoms. The van der Waals surface area contributed by atoms with E-state index in [0.717, 1.165) is 12.8 Å². The number of amides is 6. The maximum atomic E-state index is 14.2. The fourth-order valence-electron chi connectivity index (χ4n) is 7.17. The number of aliphatic hydroxyl groups is 2. The van der Waals surface area contributed by atoms with Crippen LogP contribution in [0.2, 0.25) is 0 Å². The van der Waals surface area contributed by atoms with E-state index in [1.807, 2.05) is 13.8 Å². The molecule has 294 valence electrons. The van der Waals surface area contributed by atoms with E-state index in [1.165, 1.54) is 9.80 Å². The normalized spacial score (nSPS) is 22.3. The zero-order valence-electron chi connectivity index (χ0n) is 32.6. The molecule has 2 saturated carbocycles. The van der Waals surface area contributed by atoms with Crippen molar-refractivity contribution in [2.24, 2.45) is 28.6 Å². The minimum Gasteiger partial charge on any atom is -0.444 e. The molecule has 1 aliphatic heterocycles. The van der Waals surface area contributed by atoms with Crippen LogP contribution in [0.15, 0.2) is 30.3 Å². The highest BCUT2D eigenvalue weighted by Gasteiger charge is 2.70. The van der Waals surface area contributed by atoms with Crippen LogP contribution in [0, 0.1) is 28.6 Å². The minimum absolute atomic E-state index is 0.0138. The van der Waals surface area contributed by atoms with E-state index in [-0.39, 0.29) is 36.1 Å². The predicted octanol–water partition coefficient (Wildman–Crippen LogP) is 1.44. The summed E-state index contributed by atoms with van der Waals surface area (Å²) in [4.78, 5) is 83.1. The standard InChI is InChI=1S/C38H58N6O9/c1-35(2,3)29(42-34(50)53-36(4,5)6)32(48)44-20-23-26(37(23,7)8)28(44)30(46)40-24(18-21-16-17-21)38(51,52)33(49)39-19-25(45)41-27(31(47)43(9)10)22-14-12-11-13-15-22/h11-15,21,23-24,26-29,51-52H,16-20H2,1-10H3,(H,39,49)(H,40,46)(H,41,45)(H,42,50)/t23-,24-,26-,27-,28-,29+/m0/s1. The number of ether oxygens (including phenoxy) is 1. The quantitative estimate of drug-likeness (QED) is 0.162. The lowest BCUT2D eigenvalue weighted by atomic mass is 9.85. The first-order valence-electron chi connectivity index (χ1n) is 18.2. The molecule has 0 spiro atoms. The number of hydrogen-bond acceptors (Lipinski definition) is 9. The Morgan fingerprint density at radius 3 is 2.08 bits per heavy atom. The number of carbonyl (C=O) groups excluding carboxylic acids is 6. The number of nitrogens with zero attached hydrogens (tertiary/aromatic N) is 2. The van der Waals surface area contributed by atoms with Crippen molar-refractivity contribution >= 4 is 35.6 Å². The molecule has 1 aromatic rings. The smallest absolute Gasteiger partial charge is 0.408 e. The van der Waals surface area contributed by atoms with Gasteiger partial charge in [-0.2, -0.15) is 0 Å². The van der Waals surface area contributed by atoms with Gasteiger partial charge in [-0.15, -0.1) is 0 Å². The molecular weight excluding hydrogens is 684 g/mol. The number of likely N-dealkylation sites (N-methyl/N-ethyl adjacent to an activating group) is 1. The summed E-state index contributed by atoms with van der Waals surface area (Å²) < 4.78 is 5.43. The summed E-state index contributed by atoms with van der Waals surface area (Å²) in [6.45, 7) is 14.1. The van der Waals surface area contributed by atoms with E-state index in [4.69, 9.17) is 4.74 Å². The van der Waals surface area contributed by atoms with Gasteiger partial charge in [0.15, 0.2) is 0 Å². The molecule has 3 fully saturated rings. The molecule has 6 N–H and O–H groups in total. The molecule has 53 heavy (non-hydrogen) atoms. The monoisotopic (exact) mass is 742 g/mol. The van der Waals surface area contributed by atoms with Crippen LogP contribution in [0.25, 0.3) is 0 Å². The first kappa shape index (κ1) is 41.5. The summed E-state index contributed by atoms with van der Waals surface area (Å²) in [5.74, 6) is -6.97. The second kappa shape index (κ2) is 15.2. The largest absolute Gasteiger partial charge is 0.444 e. The zero-order valence-corrected chi connectivity index (χ0v) is 32.6. The Balaban J connectivity index is 1.49. The molecule has 15 heteroatoms. The average molecular weight is 743 g/mol. The van der Waals surface area contributed by atoms with E-state index >= 15 is 0 Å². The SMILES string of the molecule is CN(C)C(=O)[C@@H](NC(=O)CNC(=O)C(O)(O)[C@H](CC1CC1)NC(=O)[C@@H]1[C@@H]2[C@H](CN1C(=O)[C@@H](NC(=O)OC(C)(C)C)C(C)(C)C)C2(C)C)c1ccccc1. The summed E-state index contributed by atoms with van der Waals surface area (Å²) in [5, 5.41) is 32.8. The van der Waals surface area contributed by atoms with Crippen LogP contribution in [-0.2, 0) is 28.7 Å². The Morgan fingerprint density at radius 1 is 0.943 bits per heavy atom. The number of carbonyl (C=O) groups is 6. The van der Waals surface area contributed by atoms with Gasteiger partial charge in [-0.1, -0.05) is 77.8 Å². The van der Waals surface area contributed by atoms with Crippen molar-refractivity contribution in [2.45, 2.75) is 110 Å². The lowest BCUT2D eigenvalue weighted by Crippen LogP contribution is -2.65. The number of piperidine rings is 1. The van der Waals surface area contributed by atoms with Gasteiger partial charge in [0.05, 0.1) is 12.6 Å². The highest BCUT2D eigenvalue weighted by Crippen LogP contribution is 2.65. The second-order valence-electron chi connectivity index (χ2n) is 17.6. The van der Waals surface area contributed by atoms with Crippen LogP contribution in [0.4, 0.5) is 4.79 Å². The molecule has 2 aliphatic carbocycles. The summed E-state index contributed by atoms with van der Waals surface area (Å²) in [6, 6.07) is 3.97. The van der Waals surface area contributed by atoms with Gasteiger partial charge in [-0.05, 0) is 61.3 Å². The Kier molecular flexibility index (Phi) is 11.9. The molecule has 0 unspecified atom stereocenters. The Morgan fingerprint density at radius 2 is 1.55 bits per heavy atom. The third-order valence-corrected chi connectivity index (χ3v) is 10.5. The fourth-order valence-corrected chi connectivity index (χ4v) is 7.17. The van der Waals surface area contributed by atoms with E-state index in [0.29, 0.717) is 5.56 Å². The highest BCUT2D eigenvalue weighted by molar-refractivity contribution is 5.95. The van der Waals surface area contributed by atoms with E-state index in [2.05, 4.69) is 21.3 Å². The number of rotatable bonds is 13. The number of hydrogen-bond donors (Lipinski definition) is 6. The van der Waals surface area contributed by atoms with Gasteiger partial charge in [0.25, 0.3) is 11.7 Å². The molecule has 6 atom stereocenters. The topological polar surface area (TPSA) is 207 Å². The molecule has 4 rings (SSSR count). The van der Waals surface area contributed by atoms with E-state index in [1.54, 1.807) is 86.0 Å². The van der Waals surface area contributed by atoms with E-state index in [9.17, 15) is 39.0 Å². The molecule has 1 aromatic carbocycles. The maximum absolute atomic E-state index is 14.2. The van der Waals surface area contributed by atoms with Crippen molar-refractivity contribution in [3.05, 3.63) is 35.9 Å². The third kappa shape index (κ3) is 9.85. The van der Waals surface area contributed by atoms with Gasteiger partial charge >= 0.3 is 6.09 Å². The van der Waals surface area contributed by atoms with Crippen molar-refractivity contribution in [1.82, 2.24) is 31.1 Å². The lowest BCUT2D eigenvalue weighted by Gasteiger charge is -2.38. The highest BCUT2D eigenvalue weighted by atomic mass is 16.6. The Bertz CT molecular complexity index is 1560. The summed E-state index contributed by atoms with van der Waals surface area (Å²) in [6.07, 6.45) is 0.825. The fraction of sp³-hybridized carbons (Fsp3) is 0.684. The summed E-state index contributed by atoms with van der Waals surface area (Å²) >= 11 is 0. The van der Waals surface area contributed by atoms with Gasteiger partial charge in [0, 0.05) is 20.6 Å². The lowest BCUT2D eigenvalue weighted by molar-refractivity contribution is -0.198.